The van der Waals surface area contributed by atoms with E-state index in [-0.39, 0.29) is 44.0 Å². The molecule has 3 aromatic rings. The molecule has 3 amide bonds. The molecular formula is C32H44N6O6. The van der Waals surface area contributed by atoms with Crippen LogP contribution in [0.2, 0.25) is 0 Å². The van der Waals surface area contributed by atoms with Crippen molar-refractivity contribution in [2.75, 3.05) is 26.8 Å². The maximum absolute atomic E-state index is 13.9. The van der Waals surface area contributed by atoms with E-state index >= 15 is 0 Å². The summed E-state index contributed by atoms with van der Waals surface area (Å²) >= 11 is 0. The van der Waals surface area contributed by atoms with Gasteiger partial charge < -0.3 is 29.4 Å². The Morgan fingerprint density at radius 2 is 1.95 bits per heavy atom. The average molecular weight is 609 g/mol. The number of nitrogens with zero attached hydrogens (tertiary/aromatic N) is 4. The minimum absolute atomic E-state index is 0.122. The smallest absolute Gasteiger partial charge is 0.272 e. The lowest BCUT2D eigenvalue weighted by atomic mass is 10.0. The van der Waals surface area contributed by atoms with Gasteiger partial charge in [-0.3, -0.25) is 19.1 Å². The summed E-state index contributed by atoms with van der Waals surface area (Å²) in [6, 6.07) is 6.39. The normalized spacial score (nSPS) is 16.7. The highest BCUT2D eigenvalue weighted by atomic mass is 16.5. The first-order valence-electron chi connectivity index (χ1n) is 15.2. The molecule has 0 radical (unpaired) electrons. The van der Waals surface area contributed by atoms with Crippen molar-refractivity contribution in [2.45, 2.75) is 73.5 Å². The summed E-state index contributed by atoms with van der Waals surface area (Å²) in [6.07, 6.45) is 1.17. The molecule has 1 atom stereocenters. The van der Waals surface area contributed by atoms with Crippen molar-refractivity contribution in [3.8, 4) is 23.0 Å². The fourth-order valence-corrected chi connectivity index (χ4v) is 5.10. The van der Waals surface area contributed by atoms with Crippen LogP contribution in [0.1, 0.15) is 68.7 Å². The molecule has 0 saturated carbocycles. The van der Waals surface area contributed by atoms with Gasteiger partial charge in [-0.05, 0) is 62.8 Å². The molecule has 1 aromatic carbocycles. The molecule has 0 fully saturated rings. The second kappa shape index (κ2) is 14.4. The van der Waals surface area contributed by atoms with Gasteiger partial charge in [-0.25, -0.2) is 4.98 Å². The molecule has 2 N–H and O–H groups in total. The predicted octanol–water partition coefficient (Wildman–Crippen LogP) is 3.76. The fraction of sp³-hybridized carbons (Fsp3) is 0.531. The summed E-state index contributed by atoms with van der Waals surface area (Å²) in [7, 11) is 1.56. The number of hydrogen-bond donors (Lipinski definition) is 2. The number of carbonyl (C=O) groups excluding carboxylic acids is 3. The molecule has 238 valence electrons. The van der Waals surface area contributed by atoms with Gasteiger partial charge in [-0.2, -0.15) is 5.10 Å². The number of oxazole rings is 1. The van der Waals surface area contributed by atoms with E-state index in [1.165, 1.54) is 4.90 Å². The number of nitrogens with one attached hydrogen (secondary N) is 2. The number of rotatable bonds is 6. The number of hydrogen-bond acceptors (Lipinski definition) is 8. The Balaban J connectivity index is 1.66. The Kier molecular flexibility index (Phi) is 10.7. The SMILES string of the molecule is CCn1nc(CC(C)C)cc1C(=O)N1CCCOc2cc(ccc2OC)-c2nc(c(C)o2)CNC(=O)[C@H](C(C)C)NC(=O)C1. The maximum Gasteiger partial charge on any atom is 0.272 e. The van der Waals surface area contributed by atoms with Crippen LogP contribution in [0, 0.1) is 18.8 Å². The summed E-state index contributed by atoms with van der Waals surface area (Å²) in [5.41, 5.74) is 2.52. The molecule has 3 heterocycles. The van der Waals surface area contributed by atoms with Gasteiger partial charge in [0.15, 0.2) is 11.5 Å². The Hall–Kier alpha value is -4.35. The summed E-state index contributed by atoms with van der Waals surface area (Å²) in [6.45, 7) is 12.5. The van der Waals surface area contributed by atoms with Gasteiger partial charge in [-0.15, -0.1) is 0 Å². The Bertz CT molecular complexity index is 1480. The van der Waals surface area contributed by atoms with E-state index in [0.29, 0.717) is 59.0 Å². The molecule has 4 bridgehead atoms. The topological polar surface area (TPSA) is 141 Å². The summed E-state index contributed by atoms with van der Waals surface area (Å²) < 4.78 is 19.2. The second-order valence-electron chi connectivity index (χ2n) is 11.8. The van der Waals surface area contributed by atoms with Gasteiger partial charge >= 0.3 is 0 Å². The molecule has 12 nitrogen and oxygen atoms in total. The number of carbonyl (C=O) groups is 3. The van der Waals surface area contributed by atoms with E-state index in [2.05, 4.69) is 34.6 Å². The molecule has 1 aliphatic heterocycles. The molecule has 0 spiro atoms. The average Bonchev–Trinajstić information content (AvgIpc) is 3.57. The highest BCUT2D eigenvalue weighted by Crippen LogP contribution is 2.33. The lowest BCUT2D eigenvalue weighted by Crippen LogP contribution is -2.52. The number of fused-ring (bicyclic) bond motifs is 5. The van der Waals surface area contributed by atoms with Crippen molar-refractivity contribution < 1.29 is 28.3 Å². The first-order valence-corrected chi connectivity index (χ1v) is 15.2. The van der Waals surface area contributed by atoms with Gasteiger partial charge in [-0.1, -0.05) is 27.7 Å². The van der Waals surface area contributed by atoms with Crippen molar-refractivity contribution in [1.29, 1.82) is 0 Å². The molecule has 0 aliphatic carbocycles. The lowest BCUT2D eigenvalue weighted by molar-refractivity contribution is -0.130. The lowest BCUT2D eigenvalue weighted by Gasteiger charge is -2.26. The standard InChI is InChI=1S/C32H44N6O6/c1-8-38-25(16-23(36-38)14-19(2)3)32(41)37-12-9-13-43-27-15-22(10-11-26(27)42-7)31-34-24(21(6)44-31)17-33-30(40)29(20(4)5)35-28(39)18-37/h10-11,15-16,19-20,29H,8-9,12-14,17-18H2,1-7H3,(H,33,40)(H,35,39)/t29-/m0/s1. The van der Waals surface area contributed by atoms with Crippen LogP contribution in [0.25, 0.3) is 11.5 Å². The molecule has 2 aromatic heterocycles. The van der Waals surface area contributed by atoms with Crippen LogP contribution in [-0.2, 0) is 29.1 Å². The third-order valence-electron chi connectivity index (χ3n) is 7.42. The van der Waals surface area contributed by atoms with Crippen molar-refractivity contribution >= 4 is 17.7 Å². The van der Waals surface area contributed by atoms with Crippen LogP contribution in [0.3, 0.4) is 0 Å². The quantitative estimate of drug-likeness (QED) is 0.431. The summed E-state index contributed by atoms with van der Waals surface area (Å²) in [5, 5.41) is 10.3. The zero-order chi connectivity index (χ0) is 32.0. The third-order valence-corrected chi connectivity index (χ3v) is 7.42. The largest absolute Gasteiger partial charge is 0.493 e. The van der Waals surface area contributed by atoms with Crippen LogP contribution in [0.15, 0.2) is 28.7 Å². The highest BCUT2D eigenvalue weighted by molar-refractivity contribution is 5.96. The predicted molar refractivity (Wildman–Crippen MR) is 164 cm³/mol. The van der Waals surface area contributed by atoms with Gasteiger partial charge in [0.25, 0.3) is 5.91 Å². The molecular weight excluding hydrogens is 564 g/mol. The molecule has 12 heteroatoms. The zero-order valence-electron chi connectivity index (χ0n) is 26.7. The van der Waals surface area contributed by atoms with Gasteiger partial charge in [0, 0.05) is 18.7 Å². The monoisotopic (exact) mass is 608 g/mol. The Labute approximate surface area is 258 Å². The minimum Gasteiger partial charge on any atom is -0.493 e. The Morgan fingerprint density at radius 3 is 2.64 bits per heavy atom. The summed E-state index contributed by atoms with van der Waals surface area (Å²) in [5.74, 6) is 1.07. The first kappa shape index (κ1) is 32.6. The van der Waals surface area contributed by atoms with Crippen LogP contribution in [0.4, 0.5) is 0 Å². The number of methoxy groups -OCH3 is 1. The number of aromatic nitrogens is 3. The molecule has 1 aliphatic rings. The maximum atomic E-state index is 13.9. The van der Waals surface area contributed by atoms with Gasteiger partial charge in [0.2, 0.25) is 17.7 Å². The van der Waals surface area contributed by atoms with E-state index < -0.39 is 11.9 Å². The van der Waals surface area contributed by atoms with Crippen LogP contribution in [-0.4, -0.2) is 70.2 Å². The van der Waals surface area contributed by atoms with E-state index in [1.54, 1.807) is 30.8 Å². The molecule has 4 rings (SSSR count). The fourth-order valence-electron chi connectivity index (χ4n) is 5.10. The number of aryl methyl sites for hydroxylation is 2. The summed E-state index contributed by atoms with van der Waals surface area (Å²) in [4.78, 5) is 46.6. The van der Waals surface area contributed by atoms with Crippen LogP contribution >= 0.6 is 0 Å². The van der Waals surface area contributed by atoms with Crippen molar-refractivity contribution in [3.05, 3.63) is 47.1 Å². The number of ether oxygens (including phenoxy) is 2. The van der Waals surface area contributed by atoms with Crippen molar-refractivity contribution in [1.82, 2.24) is 30.3 Å². The minimum atomic E-state index is -0.809. The van der Waals surface area contributed by atoms with Crippen molar-refractivity contribution in [3.63, 3.8) is 0 Å². The van der Waals surface area contributed by atoms with Gasteiger partial charge in [0.05, 0.1) is 32.5 Å². The first-order chi connectivity index (χ1) is 21.0. The molecule has 44 heavy (non-hydrogen) atoms. The van der Waals surface area contributed by atoms with E-state index in [4.69, 9.17) is 13.9 Å². The third kappa shape index (κ3) is 7.78. The highest BCUT2D eigenvalue weighted by Gasteiger charge is 2.28. The van der Waals surface area contributed by atoms with Gasteiger partial charge in [0.1, 0.15) is 23.2 Å². The van der Waals surface area contributed by atoms with E-state index in [0.717, 1.165) is 12.1 Å². The van der Waals surface area contributed by atoms with E-state index in [9.17, 15) is 14.4 Å². The van der Waals surface area contributed by atoms with E-state index in [1.807, 2.05) is 32.9 Å². The zero-order valence-corrected chi connectivity index (χ0v) is 26.7. The second-order valence-corrected chi connectivity index (χ2v) is 11.8. The molecule has 0 unspecified atom stereocenters. The number of benzene rings is 1. The van der Waals surface area contributed by atoms with Crippen LogP contribution in [0.5, 0.6) is 11.5 Å². The van der Waals surface area contributed by atoms with Crippen molar-refractivity contribution in [2.24, 2.45) is 11.8 Å². The Morgan fingerprint density at radius 1 is 1.18 bits per heavy atom. The van der Waals surface area contributed by atoms with Crippen LogP contribution < -0.4 is 20.1 Å². The number of amides is 3. The molecule has 0 saturated heterocycles.